The molecule has 6 N–H and O–H groups in total. The summed E-state index contributed by atoms with van der Waals surface area (Å²) >= 11 is 0. The monoisotopic (exact) mass is 1150 g/mol. The Balaban J connectivity index is 0.825. The lowest BCUT2D eigenvalue weighted by molar-refractivity contribution is -0.373. The Kier molecular flexibility index (Phi) is 19.6. The molecule has 22 heteroatoms. The highest BCUT2D eigenvalue weighted by Crippen LogP contribution is 2.70. The first-order chi connectivity index (χ1) is 38.5. The van der Waals surface area contributed by atoms with E-state index in [2.05, 4.69) is 6.92 Å². The minimum absolute atomic E-state index is 0.0823. The number of fused-ring (bicyclic) bond motifs is 5. The van der Waals surface area contributed by atoms with Gasteiger partial charge in [-0.3, -0.25) is 9.59 Å². The number of methoxy groups -OCH3 is 3. The van der Waals surface area contributed by atoms with Gasteiger partial charge in [0.15, 0.2) is 25.2 Å². The zero-order chi connectivity index (χ0) is 58.5. The number of benzene rings is 1. The van der Waals surface area contributed by atoms with Crippen LogP contribution in [0.15, 0.2) is 36.4 Å². The summed E-state index contributed by atoms with van der Waals surface area (Å²) in [6, 6.07) is 9.34. The van der Waals surface area contributed by atoms with E-state index in [-0.39, 0.29) is 30.1 Å². The van der Waals surface area contributed by atoms with Crippen molar-refractivity contribution in [2.24, 2.45) is 34.5 Å². The summed E-state index contributed by atoms with van der Waals surface area (Å²) in [6.07, 6.45) is -12.7. The number of carbonyl (C=O) groups excluding carboxylic acids is 3. The topological polar surface area (TPSA) is 293 Å². The van der Waals surface area contributed by atoms with Gasteiger partial charge >= 0.3 is 11.9 Å². The molecule has 22 nitrogen and oxygen atoms in total. The van der Waals surface area contributed by atoms with Crippen molar-refractivity contribution in [3.63, 3.8) is 0 Å². The second kappa shape index (κ2) is 25.5. The molecule has 0 spiro atoms. The van der Waals surface area contributed by atoms with Gasteiger partial charge in [-0.25, -0.2) is 4.79 Å². The Hall–Kier alpha value is -3.11. The van der Waals surface area contributed by atoms with Crippen molar-refractivity contribution in [3.8, 4) is 0 Å². The number of aliphatic hydroxyl groups is 6. The molecule has 4 aliphatic carbocycles. The quantitative estimate of drug-likeness (QED) is 0.0743. The molecule has 9 rings (SSSR count). The Morgan fingerprint density at radius 2 is 1.27 bits per heavy atom. The van der Waals surface area contributed by atoms with Crippen LogP contribution in [-0.2, 0) is 76.0 Å². The average molecular weight is 1150 g/mol. The average Bonchev–Trinajstić information content (AvgIpc) is 2.12. The van der Waals surface area contributed by atoms with Gasteiger partial charge in [0.2, 0.25) is 0 Å². The maximum absolute atomic E-state index is 13.9. The molecule has 456 valence electrons. The van der Waals surface area contributed by atoms with Gasteiger partial charge in [-0.2, -0.15) is 0 Å². The van der Waals surface area contributed by atoms with Gasteiger partial charge in [0.25, 0.3) is 0 Å². The number of esters is 2. The van der Waals surface area contributed by atoms with Crippen LogP contribution in [0.25, 0.3) is 6.08 Å². The van der Waals surface area contributed by atoms with Gasteiger partial charge in [-0.1, -0.05) is 44.2 Å². The fourth-order valence-corrected chi connectivity index (χ4v) is 15.8. The maximum Gasteiger partial charge on any atom is 0.331 e. The number of rotatable bonds is 17. The highest BCUT2D eigenvalue weighted by Gasteiger charge is 2.76. The van der Waals surface area contributed by atoms with E-state index in [1.165, 1.54) is 34.1 Å². The first kappa shape index (κ1) is 62.4. The summed E-state index contributed by atoms with van der Waals surface area (Å²) in [5.41, 5.74) is -2.28. The van der Waals surface area contributed by atoms with E-state index in [0.29, 0.717) is 44.9 Å². The first-order valence-electron chi connectivity index (χ1n) is 29.0. The minimum Gasteiger partial charge on any atom is -0.458 e. The molecule has 8 fully saturated rings. The number of carbonyl (C=O) groups is 3. The van der Waals surface area contributed by atoms with Crippen LogP contribution in [0, 0.1) is 34.5 Å². The molecule has 0 unspecified atom stereocenters. The second-order valence-electron chi connectivity index (χ2n) is 24.5. The SMILES string of the molecule is CO[C@H]1[C@@H](O)[C@H](O[C@@H]2[C@@H](C)O[C@@H](O[C@H]3[C@@H](OC)C[C@H](O[C@H]4CC[C@@]5(C)[C@@H](CC[C@@H]6[C@@H]5[C@H](OC(C)=O)[C@@H](OC(=O)/C=C/c5ccccc5)[C@]5(C)[C@@H](C(C)=O)CC[C@]65O)C4)O[C@@H]3C)C[C@H]2OC)O[C@H](C)[C@H]1O[C@@H]1O[C@H](CO)[C@@H](O)[C@H](O)[C@H]1O. The van der Waals surface area contributed by atoms with Crippen molar-refractivity contribution in [3.05, 3.63) is 42.0 Å². The fourth-order valence-electron chi connectivity index (χ4n) is 15.8. The summed E-state index contributed by atoms with van der Waals surface area (Å²) in [5, 5.41) is 65.7. The van der Waals surface area contributed by atoms with Crippen LogP contribution in [-0.4, -0.2) is 211 Å². The second-order valence-corrected chi connectivity index (χ2v) is 24.5. The van der Waals surface area contributed by atoms with E-state index >= 15 is 0 Å². The Morgan fingerprint density at radius 1 is 0.654 bits per heavy atom. The van der Waals surface area contributed by atoms with Gasteiger partial charge in [0.05, 0.1) is 48.8 Å². The summed E-state index contributed by atoms with van der Waals surface area (Å²) in [7, 11) is 4.52. The molecule has 28 atom stereocenters. The van der Waals surface area contributed by atoms with E-state index in [4.69, 9.17) is 61.6 Å². The highest BCUT2D eigenvalue weighted by molar-refractivity contribution is 5.87. The maximum atomic E-state index is 13.9. The molecule has 4 heterocycles. The number of hydrogen-bond donors (Lipinski definition) is 6. The molecule has 81 heavy (non-hydrogen) atoms. The van der Waals surface area contributed by atoms with Gasteiger partial charge in [-0.05, 0) is 102 Å². The largest absolute Gasteiger partial charge is 0.458 e. The van der Waals surface area contributed by atoms with Gasteiger partial charge in [0, 0.05) is 64.4 Å². The predicted octanol–water partition coefficient (Wildman–Crippen LogP) is 2.89. The van der Waals surface area contributed by atoms with Crippen molar-refractivity contribution in [2.75, 3.05) is 27.9 Å². The number of Topliss-reactive ketones (excluding diaryl/α,β-unsaturated/α-hetero) is 1. The highest BCUT2D eigenvalue weighted by atomic mass is 16.8. The first-order valence-corrected chi connectivity index (χ1v) is 29.0. The molecular formula is C59H88O22. The van der Waals surface area contributed by atoms with Crippen molar-refractivity contribution >= 4 is 23.8 Å². The van der Waals surface area contributed by atoms with E-state index < -0.39 is 170 Å². The lowest BCUT2D eigenvalue weighted by Gasteiger charge is -2.66. The van der Waals surface area contributed by atoms with Crippen LogP contribution in [0.1, 0.15) is 112 Å². The molecule has 1 aromatic rings. The Bertz CT molecular complexity index is 2330. The molecule has 4 saturated carbocycles. The van der Waals surface area contributed by atoms with Crippen LogP contribution in [0.3, 0.4) is 0 Å². The smallest absolute Gasteiger partial charge is 0.331 e. The van der Waals surface area contributed by atoms with E-state index in [9.17, 15) is 45.0 Å². The van der Waals surface area contributed by atoms with Crippen molar-refractivity contribution < 1.29 is 107 Å². The molecule has 1 aromatic carbocycles. The molecule has 4 aliphatic heterocycles. The lowest BCUT2D eigenvalue weighted by Crippen LogP contribution is -2.73. The normalized spacial score (nSPS) is 48.1. The van der Waals surface area contributed by atoms with Crippen molar-refractivity contribution in [1.29, 1.82) is 0 Å². The molecule has 0 radical (unpaired) electrons. The van der Waals surface area contributed by atoms with E-state index in [1.807, 2.05) is 44.2 Å². The summed E-state index contributed by atoms with van der Waals surface area (Å²) in [6.45, 7) is 11.6. The van der Waals surface area contributed by atoms with Gasteiger partial charge in [-0.15, -0.1) is 0 Å². The van der Waals surface area contributed by atoms with Gasteiger partial charge in [0.1, 0.15) is 72.9 Å². The van der Waals surface area contributed by atoms with Crippen molar-refractivity contribution in [2.45, 2.75) is 241 Å². The third kappa shape index (κ3) is 12.0. The zero-order valence-corrected chi connectivity index (χ0v) is 48.3. The van der Waals surface area contributed by atoms with Crippen LogP contribution >= 0.6 is 0 Å². The summed E-state index contributed by atoms with van der Waals surface area (Å²) in [4.78, 5) is 40.6. The third-order valence-corrected chi connectivity index (χ3v) is 20.0. The standard InChI is InChI=1S/C59H88O22/c1-28(61)36-21-23-59(68)37-18-17-34-24-35(20-22-57(34,6)44(37)52(75-32(5)62)54(58(36,59)7)78-41(63)19-16-33-14-12-11-13-15-33)76-42-25-38(69-8)49(29(2)72-42)79-43-26-39(70-9)50(30(3)73-43)80-56-48(67)53(71-10)51(31(4)74-56)81-55-47(66)46(65)45(64)40(27-60)77-55/h11-16,19,29-31,34-40,42-56,60,64-68H,17-18,20-27H2,1-10H3/b19-16+/t29-,30-,31-,34+,35+,36-,37-,38+,39-,40-,42+,43+,44-,45-,46+,47-,48-,49-,50-,51-,52+,53+,54-,55+,56+,57+,58+,59+/m1/s1. The van der Waals surface area contributed by atoms with E-state index in [0.717, 1.165) is 12.0 Å². The zero-order valence-electron chi connectivity index (χ0n) is 48.3. The number of aliphatic hydroxyl groups excluding tert-OH is 5. The molecule has 0 aromatic heterocycles. The molecule has 0 amide bonds. The lowest BCUT2D eigenvalue weighted by atomic mass is 9.41. The van der Waals surface area contributed by atoms with E-state index in [1.54, 1.807) is 27.0 Å². The number of hydrogen-bond acceptors (Lipinski definition) is 22. The number of ketones is 1. The van der Waals surface area contributed by atoms with Crippen LogP contribution < -0.4 is 0 Å². The Morgan fingerprint density at radius 3 is 1.89 bits per heavy atom. The molecule has 8 aliphatic rings. The number of ether oxygens (including phenoxy) is 13. The third-order valence-electron chi connectivity index (χ3n) is 20.0. The van der Waals surface area contributed by atoms with Crippen LogP contribution in [0.5, 0.6) is 0 Å². The van der Waals surface area contributed by atoms with Crippen LogP contribution in [0.2, 0.25) is 0 Å². The van der Waals surface area contributed by atoms with Gasteiger partial charge < -0.3 is 92.2 Å². The van der Waals surface area contributed by atoms with Crippen molar-refractivity contribution in [1.82, 2.24) is 0 Å². The molecular weight excluding hydrogens is 1060 g/mol. The predicted molar refractivity (Wildman–Crippen MR) is 283 cm³/mol. The Labute approximate surface area is 474 Å². The summed E-state index contributed by atoms with van der Waals surface area (Å²) < 4.78 is 81.0. The summed E-state index contributed by atoms with van der Waals surface area (Å²) in [5.74, 6) is -2.55. The molecule has 0 bridgehead atoms. The fraction of sp³-hybridized carbons (Fsp3) is 0.814. The van der Waals surface area contributed by atoms with Crippen LogP contribution in [0.4, 0.5) is 0 Å². The minimum atomic E-state index is -1.68. The molecule has 4 saturated heterocycles.